The van der Waals surface area contributed by atoms with Gasteiger partial charge in [0.15, 0.2) is 0 Å². The van der Waals surface area contributed by atoms with Crippen LogP contribution in [0.15, 0.2) is 30.5 Å². The number of nitrogens with two attached hydrogens (primary N) is 1. The van der Waals surface area contributed by atoms with Gasteiger partial charge < -0.3 is 15.3 Å². The molecule has 3 heteroatoms. The van der Waals surface area contributed by atoms with E-state index in [9.17, 15) is 0 Å². The fourth-order valence-corrected chi connectivity index (χ4v) is 2.50. The van der Waals surface area contributed by atoms with Crippen LogP contribution in [0, 0.1) is 13.8 Å². The maximum atomic E-state index is 5.75. The normalized spacial score (nSPS) is 11.3. The molecule has 2 heterocycles. The SMILES string of the molecule is Cc1c(C)n(C)c2ccc(-c3cc(N)c[nH]3)cc12. The Kier molecular flexibility index (Phi) is 2.23. The molecule has 2 aromatic heterocycles. The third kappa shape index (κ3) is 1.44. The van der Waals surface area contributed by atoms with Crippen LogP contribution in [0.3, 0.4) is 0 Å². The lowest BCUT2D eigenvalue weighted by molar-refractivity contribution is 0.910. The zero-order valence-corrected chi connectivity index (χ0v) is 10.9. The molecule has 1 aromatic carbocycles. The van der Waals surface area contributed by atoms with Crippen LogP contribution in [0.1, 0.15) is 11.3 Å². The number of benzene rings is 1. The lowest BCUT2D eigenvalue weighted by atomic mass is 10.1. The second-order valence-corrected chi connectivity index (χ2v) is 4.85. The van der Waals surface area contributed by atoms with Crippen molar-refractivity contribution < 1.29 is 0 Å². The van der Waals surface area contributed by atoms with Crippen LogP contribution < -0.4 is 5.73 Å². The number of nitrogens with one attached hydrogen (secondary N) is 1. The van der Waals surface area contributed by atoms with E-state index in [-0.39, 0.29) is 0 Å². The van der Waals surface area contributed by atoms with Crippen molar-refractivity contribution in [3.05, 3.63) is 41.7 Å². The van der Waals surface area contributed by atoms with Gasteiger partial charge in [-0.3, -0.25) is 0 Å². The van der Waals surface area contributed by atoms with E-state index in [2.05, 4.69) is 48.6 Å². The molecule has 0 unspecified atom stereocenters. The summed E-state index contributed by atoms with van der Waals surface area (Å²) in [6, 6.07) is 8.49. The molecular formula is C15H17N3. The molecule has 0 aliphatic carbocycles. The van der Waals surface area contributed by atoms with Crippen molar-refractivity contribution in [1.82, 2.24) is 9.55 Å². The number of nitrogens with zero attached hydrogens (tertiary/aromatic N) is 1. The highest BCUT2D eigenvalue weighted by Gasteiger charge is 2.09. The summed E-state index contributed by atoms with van der Waals surface area (Å²) in [7, 11) is 2.11. The molecule has 0 atom stereocenters. The smallest absolute Gasteiger partial charge is 0.0498 e. The van der Waals surface area contributed by atoms with Crippen LogP contribution in [0.4, 0.5) is 5.69 Å². The molecule has 3 N–H and O–H groups in total. The van der Waals surface area contributed by atoms with Crippen molar-refractivity contribution in [3.8, 4) is 11.3 Å². The first-order valence-corrected chi connectivity index (χ1v) is 6.08. The molecule has 0 radical (unpaired) electrons. The zero-order valence-electron chi connectivity index (χ0n) is 10.9. The number of aryl methyl sites for hydroxylation is 2. The molecule has 0 fully saturated rings. The van der Waals surface area contributed by atoms with Crippen LogP contribution in [-0.2, 0) is 7.05 Å². The van der Waals surface area contributed by atoms with Crippen LogP contribution in [0.5, 0.6) is 0 Å². The third-order valence-electron chi connectivity index (χ3n) is 3.82. The van der Waals surface area contributed by atoms with E-state index in [1.54, 1.807) is 0 Å². The van der Waals surface area contributed by atoms with Crippen molar-refractivity contribution >= 4 is 16.6 Å². The minimum absolute atomic E-state index is 0.770. The van der Waals surface area contributed by atoms with Gasteiger partial charge in [0.2, 0.25) is 0 Å². The van der Waals surface area contributed by atoms with Crippen LogP contribution in [0.2, 0.25) is 0 Å². The van der Waals surface area contributed by atoms with Gasteiger partial charge in [-0.1, -0.05) is 6.07 Å². The molecule has 92 valence electrons. The summed E-state index contributed by atoms with van der Waals surface area (Å²) < 4.78 is 2.23. The average molecular weight is 239 g/mol. The molecule has 3 aromatic rings. The second kappa shape index (κ2) is 3.67. The monoisotopic (exact) mass is 239 g/mol. The summed E-state index contributed by atoms with van der Waals surface area (Å²) >= 11 is 0. The van der Waals surface area contributed by atoms with Crippen LogP contribution >= 0.6 is 0 Å². The maximum absolute atomic E-state index is 5.75. The molecule has 3 nitrogen and oxygen atoms in total. The number of anilines is 1. The van der Waals surface area contributed by atoms with E-state index in [1.165, 1.54) is 27.7 Å². The lowest BCUT2D eigenvalue weighted by Crippen LogP contribution is -1.89. The Morgan fingerprint density at radius 2 is 1.94 bits per heavy atom. The number of nitrogen functional groups attached to an aromatic ring is 1. The number of aromatic nitrogens is 2. The van der Waals surface area contributed by atoms with Gasteiger partial charge >= 0.3 is 0 Å². The number of fused-ring (bicyclic) bond motifs is 1. The van der Waals surface area contributed by atoms with E-state index in [4.69, 9.17) is 5.73 Å². The van der Waals surface area contributed by atoms with Gasteiger partial charge in [-0.25, -0.2) is 0 Å². The van der Waals surface area contributed by atoms with E-state index in [0.29, 0.717) is 0 Å². The molecule has 0 aliphatic rings. The highest BCUT2D eigenvalue weighted by molar-refractivity contribution is 5.89. The molecule has 0 amide bonds. The Labute approximate surface area is 106 Å². The van der Waals surface area contributed by atoms with Gasteiger partial charge in [0.05, 0.1) is 0 Å². The predicted molar refractivity (Wildman–Crippen MR) is 76.6 cm³/mol. The van der Waals surface area contributed by atoms with E-state index in [1.807, 2.05) is 12.3 Å². The van der Waals surface area contributed by atoms with E-state index >= 15 is 0 Å². The van der Waals surface area contributed by atoms with E-state index < -0.39 is 0 Å². The Morgan fingerprint density at radius 3 is 2.61 bits per heavy atom. The number of hydrogen-bond acceptors (Lipinski definition) is 1. The largest absolute Gasteiger partial charge is 0.397 e. The Hall–Kier alpha value is -2.16. The first-order valence-electron chi connectivity index (χ1n) is 6.08. The molecule has 18 heavy (non-hydrogen) atoms. The summed E-state index contributed by atoms with van der Waals surface area (Å²) in [4.78, 5) is 3.20. The molecule has 0 bridgehead atoms. The molecule has 0 saturated heterocycles. The molecular weight excluding hydrogens is 222 g/mol. The van der Waals surface area contributed by atoms with E-state index in [0.717, 1.165) is 11.4 Å². The first-order chi connectivity index (χ1) is 8.58. The highest BCUT2D eigenvalue weighted by Crippen LogP contribution is 2.29. The van der Waals surface area contributed by atoms with Gasteiger partial charge in [0.1, 0.15) is 0 Å². The topological polar surface area (TPSA) is 46.7 Å². The quantitative estimate of drug-likeness (QED) is 0.672. The van der Waals surface area contributed by atoms with Crippen molar-refractivity contribution in [3.63, 3.8) is 0 Å². The minimum Gasteiger partial charge on any atom is -0.397 e. The minimum atomic E-state index is 0.770. The summed E-state index contributed by atoms with van der Waals surface area (Å²) in [6.45, 7) is 4.33. The number of H-pyrrole nitrogens is 1. The summed E-state index contributed by atoms with van der Waals surface area (Å²) in [6.07, 6.45) is 1.82. The van der Waals surface area contributed by atoms with Crippen LogP contribution in [0.25, 0.3) is 22.2 Å². The first kappa shape index (κ1) is 11.0. The summed E-state index contributed by atoms with van der Waals surface area (Å²) in [5, 5.41) is 1.31. The average Bonchev–Trinajstić information content (AvgIpc) is 2.89. The van der Waals surface area contributed by atoms with Crippen molar-refractivity contribution in [1.29, 1.82) is 0 Å². The lowest BCUT2D eigenvalue weighted by Gasteiger charge is -2.01. The standard InChI is InChI=1S/C15H17N3/c1-9-10(2)18(3)15-5-4-11(6-13(9)15)14-7-12(16)8-17-14/h4-8,17H,16H2,1-3H3. The Balaban J connectivity index is 2.25. The van der Waals surface area contributed by atoms with Gasteiger partial charge in [0.25, 0.3) is 0 Å². The Bertz CT molecular complexity index is 732. The number of hydrogen-bond donors (Lipinski definition) is 2. The van der Waals surface area contributed by atoms with Gasteiger partial charge in [-0.05, 0) is 43.2 Å². The van der Waals surface area contributed by atoms with Gasteiger partial charge in [0, 0.05) is 41.2 Å². The van der Waals surface area contributed by atoms with Gasteiger partial charge in [-0.15, -0.1) is 0 Å². The summed E-state index contributed by atoms with van der Waals surface area (Å²) in [5.74, 6) is 0. The third-order valence-corrected chi connectivity index (χ3v) is 3.82. The molecule has 0 aliphatic heterocycles. The van der Waals surface area contributed by atoms with Crippen LogP contribution in [-0.4, -0.2) is 9.55 Å². The summed E-state index contributed by atoms with van der Waals surface area (Å²) in [5.41, 5.74) is 12.7. The van der Waals surface area contributed by atoms with Gasteiger partial charge in [-0.2, -0.15) is 0 Å². The molecule has 3 rings (SSSR count). The number of aromatic amines is 1. The zero-order chi connectivity index (χ0) is 12.9. The molecule has 0 spiro atoms. The second-order valence-electron chi connectivity index (χ2n) is 4.85. The van der Waals surface area contributed by atoms with Crippen molar-refractivity contribution in [2.24, 2.45) is 7.05 Å². The predicted octanol–water partition coefficient (Wildman–Crippen LogP) is 3.37. The highest BCUT2D eigenvalue weighted by atomic mass is 14.9. The maximum Gasteiger partial charge on any atom is 0.0498 e. The van der Waals surface area contributed by atoms with Crippen molar-refractivity contribution in [2.45, 2.75) is 13.8 Å². The van der Waals surface area contributed by atoms with Crippen molar-refractivity contribution in [2.75, 3.05) is 5.73 Å². The Morgan fingerprint density at radius 1 is 1.17 bits per heavy atom. The number of rotatable bonds is 1. The molecule has 0 saturated carbocycles. The fraction of sp³-hybridized carbons (Fsp3) is 0.200. The fourth-order valence-electron chi connectivity index (χ4n) is 2.50.